The summed E-state index contributed by atoms with van der Waals surface area (Å²) >= 11 is 0. The Balaban J connectivity index is 1.83. The molecule has 26 heavy (non-hydrogen) atoms. The first-order valence-electron chi connectivity index (χ1n) is 8.44. The van der Waals surface area contributed by atoms with Crippen LogP contribution in [0.5, 0.6) is 0 Å². The number of carbonyl (C=O) groups excluding carboxylic acids is 1. The Bertz CT molecular complexity index is 767. The predicted molar refractivity (Wildman–Crippen MR) is 91.5 cm³/mol. The maximum atomic E-state index is 13.2. The first kappa shape index (κ1) is 18.5. The molecule has 138 valence electrons. The van der Waals surface area contributed by atoms with E-state index in [4.69, 9.17) is 4.74 Å². The fraction of sp³-hybridized carbons (Fsp3) is 0.350. The molecule has 1 aliphatic rings. The third kappa shape index (κ3) is 4.25. The van der Waals surface area contributed by atoms with E-state index in [9.17, 15) is 18.0 Å². The van der Waals surface area contributed by atoms with Gasteiger partial charge in [-0.15, -0.1) is 0 Å². The second-order valence-corrected chi connectivity index (χ2v) is 6.45. The lowest BCUT2D eigenvalue weighted by atomic mass is 10.1. The summed E-state index contributed by atoms with van der Waals surface area (Å²) in [5.41, 5.74) is 0.843. The van der Waals surface area contributed by atoms with Gasteiger partial charge >= 0.3 is 6.18 Å². The van der Waals surface area contributed by atoms with Gasteiger partial charge in [0.1, 0.15) is 0 Å². The molecule has 1 saturated carbocycles. The molecule has 1 aliphatic carbocycles. The number of rotatable bonds is 6. The van der Waals surface area contributed by atoms with Gasteiger partial charge in [-0.25, -0.2) is 0 Å². The smallest absolute Gasteiger partial charge is 0.380 e. The molecule has 3 rings (SSSR count). The number of hydrogen-bond donors (Lipinski definition) is 0. The molecule has 0 atom stereocenters. The molecule has 1 fully saturated rings. The van der Waals surface area contributed by atoms with Crippen LogP contribution >= 0.6 is 0 Å². The van der Waals surface area contributed by atoms with Crippen molar-refractivity contribution in [2.45, 2.75) is 38.2 Å². The zero-order valence-corrected chi connectivity index (χ0v) is 14.4. The van der Waals surface area contributed by atoms with Crippen molar-refractivity contribution >= 4 is 5.91 Å². The van der Waals surface area contributed by atoms with E-state index in [-0.39, 0.29) is 24.1 Å². The molecule has 3 nitrogen and oxygen atoms in total. The number of methoxy groups -OCH3 is 1. The minimum Gasteiger partial charge on any atom is -0.380 e. The molecule has 2 aromatic rings. The standard InChI is InChI=1S/C20H20F3NO2/c1-26-13-14-6-8-15(9-7-14)19(25)24(17-10-11-17)12-16-4-2-3-5-18(16)20(21,22)23/h2-9,17H,10-13H2,1H3. The van der Waals surface area contributed by atoms with E-state index in [1.165, 1.54) is 12.1 Å². The highest BCUT2D eigenvalue weighted by atomic mass is 19.4. The molecule has 0 unspecified atom stereocenters. The van der Waals surface area contributed by atoms with Crippen LogP contribution < -0.4 is 0 Å². The second kappa shape index (κ2) is 7.50. The monoisotopic (exact) mass is 363 g/mol. The second-order valence-electron chi connectivity index (χ2n) is 6.45. The SMILES string of the molecule is COCc1ccc(C(=O)N(Cc2ccccc2C(F)(F)F)C2CC2)cc1. The van der Waals surface area contributed by atoms with E-state index in [0.717, 1.165) is 24.5 Å². The fourth-order valence-corrected chi connectivity index (χ4v) is 2.95. The number of amides is 1. The van der Waals surface area contributed by atoms with Gasteiger partial charge in [-0.05, 0) is 42.2 Å². The molecular weight excluding hydrogens is 343 g/mol. The molecular formula is C20H20F3NO2. The quantitative estimate of drug-likeness (QED) is 0.747. The van der Waals surface area contributed by atoms with Gasteiger partial charge < -0.3 is 9.64 Å². The highest BCUT2D eigenvalue weighted by Crippen LogP contribution is 2.35. The largest absolute Gasteiger partial charge is 0.416 e. The van der Waals surface area contributed by atoms with Crippen molar-refractivity contribution in [3.63, 3.8) is 0 Å². The van der Waals surface area contributed by atoms with Gasteiger partial charge in [-0.2, -0.15) is 13.2 Å². The average molecular weight is 363 g/mol. The maximum absolute atomic E-state index is 13.2. The minimum absolute atomic E-state index is 0.00226. The minimum atomic E-state index is -4.43. The van der Waals surface area contributed by atoms with Gasteiger partial charge in [0.2, 0.25) is 0 Å². The third-order valence-electron chi connectivity index (χ3n) is 4.42. The van der Waals surface area contributed by atoms with Gasteiger partial charge in [-0.3, -0.25) is 4.79 Å². The van der Waals surface area contributed by atoms with Gasteiger partial charge in [0.15, 0.2) is 0 Å². The Morgan fingerprint density at radius 3 is 2.35 bits per heavy atom. The molecule has 2 aromatic carbocycles. The summed E-state index contributed by atoms with van der Waals surface area (Å²) in [6, 6.07) is 12.4. The van der Waals surface area contributed by atoms with E-state index in [1.54, 1.807) is 42.3 Å². The van der Waals surface area contributed by atoms with Crippen molar-refractivity contribution in [2.24, 2.45) is 0 Å². The summed E-state index contributed by atoms with van der Waals surface area (Å²) < 4.78 is 44.8. The van der Waals surface area contributed by atoms with E-state index in [1.807, 2.05) is 0 Å². The Morgan fingerprint density at radius 1 is 1.12 bits per heavy atom. The lowest BCUT2D eigenvalue weighted by Gasteiger charge is -2.24. The van der Waals surface area contributed by atoms with E-state index >= 15 is 0 Å². The number of carbonyl (C=O) groups is 1. The van der Waals surface area contributed by atoms with Crippen LogP contribution in [-0.2, 0) is 24.1 Å². The van der Waals surface area contributed by atoms with E-state index in [2.05, 4.69) is 0 Å². The Morgan fingerprint density at radius 2 is 1.77 bits per heavy atom. The highest BCUT2D eigenvalue weighted by Gasteiger charge is 2.37. The van der Waals surface area contributed by atoms with Crippen LogP contribution in [0.4, 0.5) is 13.2 Å². The number of ether oxygens (including phenoxy) is 1. The topological polar surface area (TPSA) is 29.5 Å². The lowest BCUT2D eigenvalue weighted by Crippen LogP contribution is -2.33. The van der Waals surface area contributed by atoms with Crippen molar-refractivity contribution in [2.75, 3.05) is 7.11 Å². The number of hydrogen-bond acceptors (Lipinski definition) is 2. The van der Waals surface area contributed by atoms with Gasteiger partial charge in [0.25, 0.3) is 5.91 Å². The van der Waals surface area contributed by atoms with Crippen molar-refractivity contribution < 1.29 is 22.7 Å². The van der Waals surface area contributed by atoms with Gasteiger partial charge in [-0.1, -0.05) is 30.3 Å². The van der Waals surface area contributed by atoms with E-state index in [0.29, 0.717) is 12.2 Å². The van der Waals surface area contributed by atoms with Crippen molar-refractivity contribution in [3.05, 3.63) is 70.8 Å². The van der Waals surface area contributed by atoms with Crippen LogP contribution in [0.2, 0.25) is 0 Å². The highest BCUT2D eigenvalue weighted by molar-refractivity contribution is 5.94. The summed E-state index contributed by atoms with van der Waals surface area (Å²) in [5, 5.41) is 0. The molecule has 0 N–H and O–H groups in total. The summed E-state index contributed by atoms with van der Waals surface area (Å²) in [6.45, 7) is 0.402. The zero-order valence-electron chi connectivity index (χ0n) is 14.4. The van der Waals surface area contributed by atoms with Crippen LogP contribution in [0.15, 0.2) is 48.5 Å². The van der Waals surface area contributed by atoms with Crippen molar-refractivity contribution in [1.82, 2.24) is 4.90 Å². The summed E-state index contributed by atoms with van der Waals surface area (Å²) in [5.74, 6) is -0.242. The normalized spacial score (nSPS) is 14.3. The first-order valence-corrected chi connectivity index (χ1v) is 8.44. The summed E-state index contributed by atoms with van der Waals surface area (Å²) in [4.78, 5) is 14.4. The van der Waals surface area contributed by atoms with Crippen LogP contribution in [0.25, 0.3) is 0 Å². The molecule has 1 amide bonds. The number of alkyl halides is 3. The maximum Gasteiger partial charge on any atom is 0.416 e. The third-order valence-corrected chi connectivity index (χ3v) is 4.42. The fourth-order valence-electron chi connectivity index (χ4n) is 2.95. The molecule has 0 saturated heterocycles. The Hall–Kier alpha value is -2.34. The zero-order chi connectivity index (χ0) is 18.7. The molecule has 0 aromatic heterocycles. The lowest BCUT2D eigenvalue weighted by molar-refractivity contribution is -0.138. The molecule has 0 aliphatic heterocycles. The van der Waals surface area contributed by atoms with Crippen LogP contribution in [0.1, 0.15) is 39.9 Å². The van der Waals surface area contributed by atoms with Crippen molar-refractivity contribution in [1.29, 1.82) is 0 Å². The predicted octanol–water partition coefficient (Wildman–Crippen LogP) is 4.66. The summed E-state index contributed by atoms with van der Waals surface area (Å²) in [7, 11) is 1.59. The first-order chi connectivity index (χ1) is 12.4. The average Bonchev–Trinajstić information content (AvgIpc) is 3.44. The van der Waals surface area contributed by atoms with Crippen molar-refractivity contribution in [3.8, 4) is 0 Å². The Kier molecular flexibility index (Phi) is 5.32. The molecule has 0 heterocycles. The molecule has 0 radical (unpaired) electrons. The van der Waals surface area contributed by atoms with Crippen LogP contribution in [0.3, 0.4) is 0 Å². The Labute approximate surface area is 150 Å². The molecule has 0 bridgehead atoms. The van der Waals surface area contributed by atoms with Gasteiger partial charge in [0.05, 0.1) is 12.2 Å². The molecule has 6 heteroatoms. The molecule has 0 spiro atoms. The number of nitrogens with zero attached hydrogens (tertiary/aromatic N) is 1. The van der Waals surface area contributed by atoms with Crippen LogP contribution in [-0.4, -0.2) is 24.0 Å². The number of benzene rings is 2. The van der Waals surface area contributed by atoms with E-state index < -0.39 is 11.7 Å². The number of halogens is 3. The van der Waals surface area contributed by atoms with Gasteiger partial charge in [0, 0.05) is 25.3 Å². The van der Waals surface area contributed by atoms with Crippen LogP contribution in [0, 0.1) is 0 Å². The summed E-state index contributed by atoms with van der Waals surface area (Å²) in [6.07, 6.45) is -2.79.